The van der Waals surface area contributed by atoms with Crippen LogP contribution in [0.15, 0.2) is 113 Å². The Bertz CT molecular complexity index is 5530. The van der Waals surface area contributed by atoms with Crippen LogP contribution in [0.3, 0.4) is 0 Å². The summed E-state index contributed by atoms with van der Waals surface area (Å²) in [5.41, 5.74) is 29.3. The lowest BCUT2D eigenvalue weighted by Gasteiger charge is -2.43. The lowest BCUT2D eigenvalue weighted by molar-refractivity contribution is -0.265. The molecule has 1 saturated carbocycles. The molecule has 3 saturated heterocycles. The van der Waals surface area contributed by atoms with Crippen molar-refractivity contribution in [3.63, 3.8) is 0 Å². The van der Waals surface area contributed by atoms with E-state index in [0.29, 0.717) is 213 Å². The Hall–Kier alpha value is -11.2. The molecule has 2 aromatic carbocycles. The number of carbonyl (C=O) groups excluding carboxylic acids is 7. The van der Waals surface area contributed by atoms with Crippen LogP contribution >= 0.6 is 0 Å². The largest absolute Gasteiger partial charge is 0.459 e. The van der Waals surface area contributed by atoms with E-state index in [1.54, 1.807) is 45.2 Å². The molecule has 4 amide bonds. The van der Waals surface area contributed by atoms with E-state index in [0.717, 1.165) is 39.9 Å². The Morgan fingerprint density at radius 1 is 0.671 bits per heavy atom. The first-order valence-electron chi connectivity index (χ1n) is 49.1. The highest BCUT2D eigenvalue weighted by atomic mass is 16.6. The molecule has 4 fully saturated rings. The van der Waals surface area contributed by atoms with Crippen molar-refractivity contribution in [2.45, 2.75) is 224 Å². The Kier molecular flexibility index (Phi) is 37.0. The number of piperidine rings is 1. The maximum absolute atomic E-state index is 15.0. The van der Waals surface area contributed by atoms with Crippen molar-refractivity contribution < 1.29 is 100 Å². The number of piperazine rings is 1. The Morgan fingerprint density at radius 3 is 2.12 bits per heavy atom. The van der Waals surface area contributed by atoms with Gasteiger partial charge in [0.05, 0.1) is 113 Å². The fourth-order valence-corrected chi connectivity index (χ4v) is 19.9. The third-order valence-corrected chi connectivity index (χ3v) is 28.1. The van der Waals surface area contributed by atoms with E-state index < -0.39 is 108 Å². The first-order chi connectivity index (χ1) is 67.6. The van der Waals surface area contributed by atoms with Crippen molar-refractivity contribution >= 4 is 87.2 Å². The van der Waals surface area contributed by atoms with Crippen LogP contribution in [0.25, 0.3) is 33.4 Å². The number of anilines is 4. The van der Waals surface area contributed by atoms with Gasteiger partial charge in [0.1, 0.15) is 53.8 Å². The van der Waals surface area contributed by atoms with Crippen molar-refractivity contribution in [3.8, 4) is 11.3 Å². The molecule has 7 aliphatic rings. The number of fused-ring (bicyclic) bond motifs is 7. The SMILES string of the molecule is CO[C@H]1C[C@@H]2CC[C@@H](C)[C@@](O)(O2)C(=O)C(=O)N2CCCC[C@H]2C(=O)O[C@H]([C@H](N)C[C@@H]2CC[C@@H](OC(=O)N3CCc4nc(N5CCN(c6ncc(C(=O)NCCOCCOCCOCCOCCC(=O)N7CCc8cc(Cn9nc(-c%10ccc%11oc(N)nc%11c%10)c%10c(N)ncnc%109)ccc8C7)cn6)CC5)ncc4C3)[C@H](OC)C2)C[C@@H](OC)[C@H](C)/C=C(\C)[C@@H](O)[C@@H](OC)C(=O)[C@H](C)C[C@H](C)/C=C/C=C/C=C/1C. The van der Waals surface area contributed by atoms with Crippen molar-refractivity contribution in [1.29, 1.82) is 0 Å². The fraction of sp³-hybridized carbons (Fsp3) is 0.594. The van der Waals surface area contributed by atoms with E-state index in [9.17, 15) is 43.8 Å². The summed E-state index contributed by atoms with van der Waals surface area (Å²) in [6.45, 7) is 18.5. The number of carbonyl (C=O) groups is 7. The standard InChI is InChI=1S/C101H138N18O21/c1-61-16-12-11-13-17-62(2)81(129-7)52-74-24-19-66(6)101(128,140-74)91(123)95(125)118-31-15-14-18-78(118)96(126)137-83(53-82(130-8)63(3)47-65(5)89(122)90(132-10)88(121)64(4)46-61)75(102)49-67-21-25-80(84(50-67)131-9)139-100(127)117-33-28-76-73(59-117)56-108-99(112-76)115-36-34-114(35-37-115)98-106-54-72(55-107-98)94(124)105-30-39-134-41-43-136-45-44-135-42-40-133-38-29-85(120)116-32-27-69-48-68(20-22-71(69)58-116)57-119-93-86(92(103)109-60-110-93)87(113-119)70-23-26-79-77(51-70)111-97(104)138-79/h11-13,16-17,20,22-23,26,47-48,51,54-56,60-61,63-64,66-67,74-75,78,80-84,89-90,122,128H,14-15,18-19,21,24-25,27-46,49-50,52-53,57-59,102H2,1-10H3,(H2,104,111)(H,105,124)(H2,103,109,110)/b13-11+,16-12+,62-17+,65-47+/t61-,63-,64-,66-,67+,74+,75-,78+,80-,81+,82-,83+,84-,89-,90+,101-/m1/s1. The molecule has 14 rings (SSSR count). The lowest BCUT2D eigenvalue weighted by Crippen LogP contribution is -2.61. The topological polar surface area (TPSA) is 489 Å². The maximum Gasteiger partial charge on any atom is 0.410 e. The van der Waals surface area contributed by atoms with Crippen LogP contribution in [0.2, 0.25) is 0 Å². The van der Waals surface area contributed by atoms with Crippen LogP contribution in [0.5, 0.6) is 0 Å². The number of aliphatic hydroxyl groups excluding tert-OH is 1. The second-order valence-electron chi connectivity index (χ2n) is 37.9. The van der Waals surface area contributed by atoms with Crippen molar-refractivity contribution in [1.82, 2.24) is 64.7 Å². The smallest absolute Gasteiger partial charge is 0.410 e. The average molecular weight is 1940 g/mol. The second-order valence-corrected chi connectivity index (χ2v) is 37.9. The van der Waals surface area contributed by atoms with Gasteiger partial charge in [-0.2, -0.15) is 10.1 Å². The zero-order valence-electron chi connectivity index (χ0n) is 82.1. The van der Waals surface area contributed by atoms with E-state index >= 15 is 0 Å². The van der Waals surface area contributed by atoms with E-state index in [1.807, 2.05) is 90.8 Å². The molecule has 39 heteroatoms. The molecule has 140 heavy (non-hydrogen) atoms. The molecule has 2 bridgehead atoms. The van der Waals surface area contributed by atoms with E-state index in [4.69, 9.17) is 88.8 Å². The molecule has 0 radical (unpaired) electrons. The summed E-state index contributed by atoms with van der Waals surface area (Å²) < 4.78 is 73.0. The number of Topliss-reactive ketones (excluding diaryl/α,β-unsaturated/α-hetero) is 2. The molecule has 39 nitrogen and oxygen atoms in total. The molecular weight excluding hydrogens is 1800 g/mol. The molecule has 0 spiro atoms. The molecule has 0 unspecified atom stereocenters. The number of methoxy groups -OCH3 is 4. The number of rotatable bonds is 29. The maximum atomic E-state index is 15.0. The summed E-state index contributed by atoms with van der Waals surface area (Å²) in [4.78, 5) is 140. The number of nitrogen functional groups attached to an aromatic ring is 2. The summed E-state index contributed by atoms with van der Waals surface area (Å²) in [5.74, 6) is -6.40. The van der Waals surface area contributed by atoms with Crippen molar-refractivity contribution in [3.05, 3.63) is 142 Å². The average Bonchev–Trinajstić information content (AvgIpc) is 1.66. The van der Waals surface area contributed by atoms with Gasteiger partial charge in [0.25, 0.3) is 23.6 Å². The number of ketones is 2. The summed E-state index contributed by atoms with van der Waals surface area (Å²) in [6, 6.07) is 9.88. The number of cyclic esters (lactones) is 1. The number of ether oxygens (including phenoxy) is 11. The van der Waals surface area contributed by atoms with Gasteiger partial charge in [-0.25, -0.2) is 44.2 Å². The number of benzene rings is 2. The number of amides is 4. The molecule has 11 heterocycles. The van der Waals surface area contributed by atoms with Gasteiger partial charge in [0.15, 0.2) is 17.0 Å². The molecule has 6 aliphatic heterocycles. The van der Waals surface area contributed by atoms with Crippen LogP contribution in [0.4, 0.5) is 28.5 Å². The molecule has 758 valence electrons. The monoisotopic (exact) mass is 1940 g/mol. The minimum Gasteiger partial charge on any atom is -0.459 e. The minimum absolute atomic E-state index is 0.00814. The molecule has 5 aromatic heterocycles. The lowest BCUT2D eigenvalue weighted by atomic mass is 9.80. The highest BCUT2D eigenvalue weighted by molar-refractivity contribution is 6.39. The van der Waals surface area contributed by atoms with Crippen LogP contribution < -0.4 is 32.3 Å². The zero-order valence-corrected chi connectivity index (χ0v) is 82.1. The third kappa shape index (κ3) is 26.4. The molecule has 7 aromatic rings. The van der Waals surface area contributed by atoms with Gasteiger partial charge in [-0.1, -0.05) is 82.4 Å². The summed E-state index contributed by atoms with van der Waals surface area (Å²) in [6.07, 6.45) is 16.9. The number of esters is 1. The van der Waals surface area contributed by atoms with E-state index in [-0.39, 0.29) is 94.0 Å². The van der Waals surface area contributed by atoms with Crippen molar-refractivity contribution in [2.75, 3.05) is 155 Å². The third-order valence-electron chi connectivity index (χ3n) is 28.1. The number of oxazole rings is 1. The van der Waals surface area contributed by atoms with Crippen LogP contribution in [-0.2, 0) is 109 Å². The number of nitrogens with one attached hydrogen (secondary N) is 1. The number of hydrogen-bond acceptors (Lipinski definition) is 34. The van der Waals surface area contributed by atoms with E-state index in [1.165, 1.54) is 43.4 Å². The van der Waals surface area contributed by atoms with Gasteiger partial charge < -0.3 is 114 Å². The normalized spacial score (nSPS) is 27.2. The van der Waals surface area contributed by atoms with Gasteiger partial charge >= 0.3 is 12.1 Å². The van der Waals surface area contributed by atoms with Crippen molar-refractivity contribution in [2.24, 2.45) is 35.3 Å². The highest BCUT2D eigenvalue weighted by Crippen LogP contribution is 2.40. The second kappa shape index (κ2) is 49.5. The molecule has 1 aliphatic carbocycles. The van der Waals surface area contributed by atoms with E-state index in [2.05, 4.69) is 53.3 Å². The predicted octanol–water partition coefficient (Wildman–Crippen LogP) is 8.36. The van der Waals surface area contributed by atoms with Gasteiger partial charge in [-0.05, 0) is 142 Å². The molecule has 9 N–H and O–H groups in total. The van der Waals surface area contributed by atoms with Crippen LogP contribution in [0, 0.1) is 29.6 Å². The summed E-state index contributed by atoms with van der Waals surface area (Å²) in [5, 5.41) is 32.5. The summed E-state index contributed by atoms with van der Waals surface area (Å²) in [7, 11) is 6.09. The highest BCUT2D eigenvalue weighted by Gasteiger charge is 2.54. The van der Waals surface area contributed by atoms with Crippen LogP contribution in [0.1, 0.15) is 163 Å². The first kappa shape index (κ1) is 105. The molecular formula is C101H138N18O21. The fourth-order valence-electron chi connectivity index (χ4n) is 19.9. The Morgan fingerprint density at radius 2 is 1.39 bits per heavy atom. The number of hydrogen-bond donors (Lipinski definition) is 6. The Labute approximate surface area is 816 Å². The summed E-state index contributed by atoms with van der Waals surface area (Å²) >= 11 is 0. The number of aromatic nitrogens is 9. The molecule has 16 atom stereocenters. The quantitative estimate of drug-likeness (QED) is 0.0111. The number of nitrogens with two attached hydrogens (primary N) is 3. The van der Waals surface area contributed by atoms with Gasteiger partial charge in [0, 0.05) is 160 Å². The predicted molar refractivity (Wildman–Crippen MR) is 519 cm³/mol. The van der Waals surface area contributed by atoms with Gasteiger partial charge in [0.2, 0.25) is 23.6 Å². The van der Waals surface area contributed by atoms with Crippen LogP contribution in [-0.4, -0.2) is 311 Å². The van der Waals surface area contributed by atoms with Gasteiger partial charge in [-0.15, -0.1) is 0 Å². The number of aliphatic hydroxyl groups is 2. The number of nitrogens with zero attached hydrogens (tertiary/aromatic N) is 14. The van der Waals surface area contributed by atoms with Gasteiger partial charge in [-0.3, -0.25) is 24.0 Å². The Balaban J connectivity index is 0.480. The first-order valence-corrected chi connectivity index (χ1v) is 49.1. The minimum atomic E-state index is -2.49. The zero-order chi connectivity index (χ0) is 99.3. The number of allylic oxidation sites excluding steroid dienone is 5.